The summed E-state index contributed by atoms with van der Waals surface area (Å²) < 4.78 is 25.2. The Morgan fingerprint density at radius 2 is 1.95 bits per heavy atom. The first-order chi connectivity index (χ1) is 9.29. The number of carbonyl (C=O) groups is 1. The van der Waals surface area contributed by atoms with E-state index in [1.807, 2.05) is 13.1 Å². The zero-order valence-corrected chi connectivity index (χ0v) is 12.4. The van der Waals surface area contributed by atoms with Gasteiger partial charge in [0.25, 0.3) is 10.2 Å². The summed E-state index contributed by atoms with van der Waals surface area (Å²) in [6.45, 7) is 4.84. The third-order valence-corrected chi connectivity index (χ3v) is 4.48. The molecule has 0 bridgehead atoms. The summed E-state index contributed by atoms with van der Waals surface area (Å²) in [4.78, 5) is 14.0. The molecule has 0 aliphatic carbocycles. The summed E-state index contributed by atoms with van der Waals surface area (Å²) >= 11 is 0. The van der Waals surface area contributed by atoms with Crippen molar-refractivity contribution in [3.63, 3.8) is 0 Å². The molecular formula is C11H19N5O3S. The average molecular weight is 301 g/mol. The lowest BCUT2D eigenvalue weighted by Crippen LogP contribution is -2.53. The first-order valence-electron chi connectivity index (χ1n) is 6.36. The standard InChI is InChI=1S/C11H19N5O3S/c1-9-7-13-16(8-9)10(2)11(17)14-3-5-15(6-4-14)20(12,18)19/h7-8,10H,3-6H2,1-2H3,(H2,12,18,19)/t10-/m1/s1. The van der Waals surface area contributed by atoms with Crippen LogP contribution in [0.4, 0.5) is 0 Å². The topological polar surface area (TPSA) is 102 Å². The summed E-state index contributed by atoms with van der Waals surface area (Å²) in [5, 5.41) is 9.19. The molecule has 1 aliphatic heterocycles. The van der Waals surface area contributed by atoms with Crippen LogP contribution in [0.2, 0.25) is 0 Å². The minimum atomic E-state index is -3.67. The van der Waals surface area contributed by atoms with Gasteiger partial charge in [0, 0.05) is 32.4 Å². The van der Waals surface area contributed by atoms with Gasteiger partial charge in [0.05, 0.1) is 6.20 Å². The molecule has 1 aromatic rings. The van der Waals surface area contributed by atoms with E-state index in [0.717, 1.165) is 5.56 Å². The Morgan fingerprint density at radius 1 is 1.35 bits per heavy atom. The fourth-order valence-electron chi connectivity index (χ4n) is 2.19. The molecule has 9 heteroatoms. The molecule has 0 radical (unpaired) electrons. The molecule has 8 nitrogen and oxygen atoms in total. The SMILES string of the molecule is Cc1cnn([C@H](C)C(=O)N2CCN(S(N)(=O)=O)CC2)c1. The molecule has 112 valence electrons. The number of hydrogen-bond donors (Lipinski definition) is 1. The lowest BCUT2D eigenvalue weighted by molar-refractivity contribution is -0.135. The monoisotopic (exact) mass is 301 g/mol. The number of rotatable bonds is 3. The zero-order chi connectivity index (χ0) is 14.9. The van der Waals surface area contributed by atoms with Crippen LogP contribution < -0.4 is 5.14 Å². The highest BCUT2D eigenvalue weighted by molar-refractivity contribution is 7.86. The maximum absolute atomic E-state index is 12.3. The Bertz CT molecular complexity index is 589. The van der Waals surface area contributed by atoms with Crippen LogP contribution in [-0.2, 0) is 15.0 Å². The van der Waals surface area contributed by atoms with Crippen LogP contribution in [0.1, 0.15) is 18.5 Å². The molecule has 1 amide bonds. The number of aryl methyl sites for hydroxylation is 1. The zero-order valence-electron chi connectivity index (χ0n) is 11.6. The van der Waals surface area contributed by atoms with Crippen molar-refractivity contribution in [2.24, 2.45) is 5.14 Å². The van der Waals surface area contributed by atoms with Crippen molar-refractivity contribution in [2.75, 3.05) is 26.2 Å². The molecule has 1 aromatic heterocycles. The number of aromatic nitrogens is 2. The van der Waals surface area contributed by atoms with Gasteiger partial charge in [-0.2, -0.15) is 17.8 Å². The smallest absolute Gasteiger partial charge is 0.277 e. The molecule has 0 saturated carbocycles. The Labute approximate surface area is 118 Å². The van der Waals surface area contributed by atoms with E-state index >= 15 is 0 Å². The number of piperazine rings is 1. The van der Waals surface area contributed by atoms with Gasteiger partial charge in [-0.3, -0.25) is 9.48 Å². The molecule has 1 saturated heterocycles. The molecule has 1 atom stereocenters. The second-order valence-corrected chi connectivity index (χ2v) is 6.49. The van der Waals surface area contributed by atoms with Gasteiger partial charge in [-0.15, -0.1) is 0 Å². The lowest BCUT2D eigenvalue weighted by Gasteiger charge is -2.34. The fourth-order valence-corrected chi connectivity index (χ4v) is 2.86. The van der Waals surface area contributed by atoms with Gasteiger partial charge in [-0.05, 0) is 19.4 Å². The third-order valence-electron chi connectivity index (χ3n) is 3.40. The molecule has 0 aromatic carbocycles. The van der Waals surface area contributed by atoms with E-state index < -0.39 is 16.3 Å². The van der Waals surface area contributed by atoms with Gasteiger partial charge < -0.3 is 4.90 Å². The first kappa shape index (κ1) is 14.9. The molecule has 0 unspecified atom stereocenters. The van der Waals surface area contributed by atoms with Crippen LogP contribution in [0.3, 0.4) is 0 Å². The molecule has 0 spiro atoms. The molecule has 2 N–H and O–H groups in total. The van der Waals surface area contributed by atoms with Gasteiger partial charge in [0.1, 0.15) is 6.04 Å². The highest BCUT2D eigenvalue weighted by Gasteiger charge is 2.29. The van der Waals surface area contributed by atoms with E-state index in [1.54, 1.807) is 22.7 Å². The van der Waals surface area contributed by atoms with E-state index in [9.17, 15) is 13.2 Å². The van der Waals surface area contributed by atoms with Gasteiger partial charge in [-0.25, -0.2) is 5.14 Å². The Morgan fingerprint density at radius 3 is 2.40 bits per heavy atom. The summed E-state index contributed by atoms with van der Waals surface area (Å²) in [6.07, 6.45) is 3.51. The van der Waals surface area contributed by atoms with Crippen molar-refractivity contribution in [3.05, 3.63) is 18.0 Å². The van der Waals surface area contributed by atoms with Crippen molar-refractivity contribution in [3.8, 4) is 0 Å². The van der Waals surface area contributed by atoms with Gasteiger partial charge in [-0.1, -0.05) is 0 Å². The van der Waals surface area contributed by atoms with Crippen molar-refractivity contribution >= 4 is 16.1 Å². The minimum Gasteiger partial charge on any atom is -0.338 e. The van der Waals surface area contributed by atoms with Crippen molar-refractivity contribution in [2.45, 2.75) is 19.9 Å². The summed E-state index contributed by atoms with van der Waals surface area (Å²) in [5.74, 6) is -0.0674. The normalized spacial score (nSPS) is 19.1. The van der Waals surface area contributed by atoms with E-state index in [0.29, 0.717) is 13.1 Å². The van der Waals surface area contributed by atoms with Crippen LogP contribution >= 0.6 is 0 Å². The number of nitrogens with two attached hydrogens (primary N) is 1. The van der Waals surface area contributed by atoms with E-state index in [-0.39, 0.29) is 19.0 Å². The second-order valence-electron chi connectivity index (χ2n) is 4.94. The molecule has 2 heterocycles. The second kappa shape index (κ2) is 5.51. The quantitative estimate of drug-likeness (QED) is 0.781. The average Bonchev–Trinajstić information content (AvgIpc) is 2.83. The van der Waals surface area contributed by atoms with Crippen molar-refractivity contribution < 1.29 is 13.2 Å². The highest BCUT2D eigenvalue weighted by Crippen LogP contribution is 2.13. The molecule has 2 rings (SSSR count). The molecule has 20 heavy (non-hydrogen) atoms. The summed E-state index contributed by atoms with van der Waals surface area (Å²) in [7, 11) is -3.67. The van der Waals surface area contributed by atoms with Crippen LogP contribution in [0.5, 0.6) is 0 Å². The maximum Gasteiger partial charge on any atom is 0.277 e. The largest absolute Gasteiger partial charge is 0.338 e. The van der Waals surface area contributed by atoms with E-state index in [1.165, 1.54) is 4.31 Å². The Hall–Kier alpha value is -1.45. The number of carbonyl (C=O) groups excluding carboxylic acids is 1. The third kappa shape index (κ3) is 3.17. The number of hydrogen-bond acceptors (Lipinski definition) is 4. The Kier molecular flexibility index (Phi) is 4.11. The van der Waals surface area contributed by atoms with E-state index in [2.05, 4.69) is 5.10 Å². The van der Waals surface area contributed by atoms with Gasteiger partial charge >= 0.3 is 0 Å². The van der Waals surface area contributed by atoms with Crippen molar-refractivity contribution in [1.82, 2.24) is 19.0 Å². The molecule has 1 fully saturated rings. The highest BCUT2D eigenvalue weighted by atomic mass is 32.2. The van der Waals surface area contributed by atoms with Crippen LogP contribution in [0.25, 0.3) is 0 Å². The fraction of sp³-hybridized carbons (Fsp3) is 0.636. The molecule has 1 aliphatic rings. The van der Waals surface area contributed by atoms with Crippen LogP contribution in [0.15, 0.2) is 12.4 Å². The van der Waals surface area contributed by atoms with Crippen LogP contribution in [-0.4, -0.2) is 59.5 Å². The predicted molar refractivity (Wildman–Crippen MR) is 72.9 cm³/mol. The summed E-state index contributed by atoms with van der Waals surface area (Å²) in [6, 6.07) is -0.398. The summed E-state index contributed by atoms with van der Waals surface area (Å²) in [5.41, 5.74) is 0.990. The van der Waals surface area contributed by atoms with Gasteiger partial charge in [0.15, 0.2) is 0 Å². The number of amides is 1. The van der Waals surface area contributed by atoms with Crippen molar-refractivity contribution in [1.29, 1.82) is 0 Å². The lowest BCUT2D eigenvalue weighted by atomic mass is 10.2. The Balaban J connectivity index is 1.98. The first-order valence-corrected chi connectivity index (χ1v) is 7.87. The minimum absolute atomic E-state index is 0.0674. The molecular weight excluding hydrogens is 282 g/mol. The predicted octanol–water partition coefficient (Wildman–Crippen LogP) is -0.900. The van der Waals surface area contributed by atoms with E-state index in [4.69, 9.17) is 5.14 Å². The number of nitrogens with zero attached hydrogens (tertiary/aromatic N) is 4. The maximum atomic E-state index is 12.3. The van der Waals surface area contributed by atoms with Crippen LogP contribution in [0, 0.1) is 6.92 Å². The van der Waals surface area contributed by atoms with Gasteiger partial charge in [0.2, 0.25) is 5.91 Å².